The van der Waals surface area contributed by atoms with Crippen LogP contribution in [0.2, 0.25) is 0 Å². The summed E-state index contributed by atoms with van der Waals surface area (Å²) in [6, 6.07) is 6.84. The maximum atomic E-state index is 12.5. The molecule has 0 N–H and O–H groups in total. The van der Waals surface area contributed by atoms with E-state index in [2.05, 4.69) is 0 Å². The lowest BCUT2D eigenvalue weighted by Crippen LogP contribution is -2.35. The van der Waals surface area contributed by atoms with Crippen LogP contribution >= 0.6 is 0 Å². The first-order valence-electron chi connectivity index (χ1n) is 6.45. The third-order valence-electron chi connectivity index (χ3n) is 3.83. The van der Waals surface area contributed by atoms with Crippen molar-refractivity contribution in [3.05, 3.63) is 29.3 Å². The zero-order valence-corrected chi connectivity index (χ0v) is 12.1. The minimum absolute atomic E-state index is 0.112. The minimum atomic E-state index is -3.45. The molecule has 1 aliphatic carbocycles. The Morgan fingerprint density at radius 2 is 1.95 bits per heavy atom. The zero-order chi connectivity index (χ0) is 14.0. The molecule has 0 atom stereocenters. The Kier molecular flexibility index (Phi) is 3.93. The Bertz CT molecular complexity index is 611. The van der Waals surface area contributed by atoms with E-state index in [-0.39, 0.29) is 10.9 Å². The molecule has 2 rings (SSSR count). The van der Waals surface area contributed by atoms with Crippen LogP contribution in [-0.4, -0.2) is 25.8 Å². The van der Waals surface area contributed by atoms with Crippen molar-refractivity contribution in [2.75, 3.05) is 7.05 Å². The predicted octanol–water partition coefficient (Wildman–Crippen LogP) is 2.43. The summed E-state index contributed by atoms with van der Waals surface area (Å²) < 4.78 is 26.5. The van der Waals surface area contributed by atoms with Crippen LogP contribution in [0, 0.1) is 18.3 Å². The number of benzene rings is 1. The van der Waals surface area contributed by atoms with Crippen LogP contribution in [0.5, 0.6) is 0 Å². The van der Waals surface area contributed by atoms with Crippen molar-refractivity contribution in [3.8, 4) is 6.07 Å². The van der Waals surface area contributed by atoms with Gasteiger partial charge >= 0.3 is 0 Å². The maximum Gasteiger partial charge on any atom is 0.243 e. The summed E-state index contributed by atoms with van der Waals surface area (Å²) in [7, 11) is -1.79. The van der Waals surface area contributed by atoms with Crippen LogP contribution < -0.4 is 0 Å². The highest BCUT2D eigenvalue weighted by molar-refractivity contribution is 7.89. The van der Waals surface area contributed by atoms with Crippen LogP contribution in [0.4, 0.5) is 0 Å². The molecule has 5 heteroatoms. The van der Waals surface area contributed by atoms with Gasteiger partial charge in [-0.05, 0) is 43.5 Å². The van der Waals surface area contributed by atoms with Gasteiger partial charge in [-0.3, -0.25) is 0 Å². The van der Waals surface area contributed by atoms with Crippen LogP contribution in [0.25, 0.3) is 0 Å². The van der Waals surface area contributed by atoms with Crippen LogP contribution in [0.3, 0.4) is 0 Å². The molecule has 0 aliphatic heterocycles. The lowest BCUT2D eigenvalue weighted by Gasteiger charge is -2.23. The molecule has 0 unspecified atom stereocenters. The van der Waals surface area contributed by atoms with E-state index in [1.165, 1.54) is 10.4 Å². The normalized spacial score (nSPS) is 16.7. The Morgan fingerprint density at radius 1 is 1.32 bits per heavy atom. The predicted molar refractivity (Wildman–Crippen MR) is 73.1 cm³/mol. The number of aryl methyl sites for hydroxylation is 1. The summed E-state index contributed by atoms with van der Waals surface area (Å²) in [6.07, 6.45) is 4.06. The molecule has 1 saturated carbocycles. The van der Waals surface area contributed by atoms with Crippen molar-refractivity contribution in [1.29, 1.82) is 5.26 Å². The third kappa shape index (κ3) is 2.65. The first-order valence-corrected chi connectivity index (χ1v) is 7.89. The molecular formula is C14H18N2O2S. The number of hydrogen-bond donors (Lipinski definition) is 0. The van der Waals surface area contributed by atoms with Crippen LogP contribution in [0.15, 0.2) is 23.1 Å². The van der Waals surface area contributed by atoms with E-state index < -0.39 is 10.0 Å². The number of hydrogen-bond acceptors (Lipinski definition) is 3. The van der Waals surface area contributed by atoms with Gasteiger partial charge in [0.2, 0.25) is 10.0 Å². The molecule has 1 aromatic carbocycles. The molecule has 1 aliphatic rings. The summed E-state index contributed by atoms with van der Waals surface area (Å²) in [5, 5.41) is 8.88. The zero-order valence-electron chi connectivity index (χ0n) is 11.3. The number of nitriles is 1. The molecule has 0 heterocycles. The summed E-state index contributed by atoms with van der Waals surface area (Å²) in [5.74, 6) is 0. The molecular weight excluding hydrogens is 260 g/mol. The lowest BCUT2D eigenvalue weighted by atomic mass is 10.1. The fourth-order valence-electron chi connectivity index (χ4n) is 2.55. The van der Waals surface area contributed by atoms with Gasteiger partial charge in [0.25, 0.3) is 0 Å². The van der Waals surface area contributed by atoms with Crippen molar-refractivity contribution in [3.63, 3.8) is 0 Å². The van der Waals surface area contributed by atoms with E-state index in [1.807, 2.05) is 6.07 Å². The topological polar surface area (TPSA) is 61.2 Å². The number of rotatable bonds is 3. The van der Waals surface area contributed by atoms with Gasteiger partial charge in [-0.25, -0.2) is 8.42 Å². The van der Waals surface area contributed by atoms with E-state index in [0.29, 0.717) is 11.1 Å². The van der Waals surface area contributed by atoms with Crippen molar-refractivity contribution in [1.82, 2.24) is 4.31 Å². The second kappa shape index (κ2) is 5.32. The second-order valence-corrected chi connectivity index (χ2v) is 7.05. The van der Waals surface area contributed by atoms with Crippen molar-refractivity contribution >= 4 is 10.0 Å². The van der Waals surface area contributed by atoms with E-state index in [9.17, 15) is 8.42 Å². The van der Waals surface area contributed by atoms with Crippen LogP contribution in [0.1, 0.15) is 36.8 Å². The SMILES string of the molecule is Cc1cc(S(=O)(=O)N(C)C2CCCC2)ccc1C#N. The van der Waals surface area contributed by atoms with Gasteiger partial charge in [0.1, 0.15) is 0 Å². The molecule has 0 aromatic heterocycles. The number of sulfonamides is 1. The maximum absolute atomic E-state index is 12.5. The molecule has 4 nitrogen and oxygen atoms in total. The molecule has 19 heavy (non-hydrogen) atoms. The van der Waals surface area contributed by atoms with Crippen molar-refractivity contribution in [2.45, 2.75) is 43.5 Å². The minimum Gasteiger partial charge on any atom is -0.207 e. The molecule has 102 valence electrons. The second-order valence-electron chi connectivity index (χ2n) is 5.05. The fraction of sp³-hybridized carbons (Fsp3) is 0.500. The summed E-state index contributed by atoms with van der Waals surface area (Å²) >= 11 is 0. The summed E-state index contributed by atoms with van der Waals surface area (Å²) in [4.78, 5) is 0.276. The Balaban J connectivity index is 2.34. The number of nitrogens with zero attached hydrogens (tertiary/aromatic N) is 2. The summed E-state index contributed by atoms with van der Waals surface area (Å²) in [5.41, 5.74) is 1.21. The lowest BCUT2D eigenvalue weighted by molar-refractivity contribution is 0.373. The highest BCUT2D eigenvalue weighted by Crippen LogP contribution is 2.27. The summed E-state index contributed by atoms with van der Waals surface area (Å²) in [6.45, 7) is 1.76. The van der Waals surface area contributed by atoms with Gasteiger partial charge in [-0.2, -0.15) is 9.57 Å². The molecule has 0 amide bonds. The van der Waals surface area contributed by atoms with Crippen molar-refractivity contribution < 1.29 is 8.42 Å². The molecule has 1 fully saturated rings. The Hall–Kier alpha value is -1.38. The first-order chi connectivity index (χ1) is 8.96. The van der Waals surface area contributed by atoms with E-state index in [0.717, 1.165) is 25.7 Å². The van der Waals surface area contributed by atoms with E-state index >= 15 is 0 Å². The third-order valence-corrected chi connectivity index (χ3v) is 5.74. The highest BCUT2D eigenvalue weighted by atomic mass is 32.2. The van der Waals surface area contributed by atoms with Crippen LogP contribution in [-0.2, 0) is 10.0 Å². The monoisotopic (exact) mass is 278 g/mol. The molecule has 0 spiro atoms. The Morgan fingerprint density at radius 3 is 2.47 bits per heavy atom. The van der Waals surface area contributed by atoms with Gasteiger partial charge in [-0.15, -0.1) is 0 Å². The van der Waals surface area contributed by atoms with Crippen molar-refractivity contribution in [2.24, 2.45) is 0 Å². The largest absolute Gasteiger partial charge is 0.243 e. The molecule has 0 bridgehead atoms. The highest BCUT2D eigenvalue weighted by Gasteiger charge is 2.30. The van der Waals surface area contributed by atoms with Gasteiger partial charge in [0.05, 0.1) is 16.5 Å². The first kappa shape index (κ1) is 14.0. The molecule has 0 radical (unpaired) electrons. The average molecular weight is 278 g/mol. The van der Waals surface area contributed by atoms with E-state index in [4.69, 9.17) is 5.26 Å². The van der Waals surface area contributed by atoms with Gasteiger partial charge in [0.15, 0.2) is 0 Å². The van der Waals surface area contributed by atoms with Gasteiger partial charge in [-0.1, -0.05) is 12.8 Å². The molecule has 1 aromatic rings. The standard InChI is InChI=1S/C14H18N2O2S/c1-11-9-14(8-7-12(11)10-15)19(17,18)16(2)13-5-3-4-6-13/h7-9,13H,3-6H2,1-2H3. The van der Waals surface area contributed by atoms with Gasteiger partial charge < -0.3 is 0 Å². The molecule has 0 saturated heterocycles. The van der Waals surface area contributed by atoms with Gasteiger partial charge in [0, 0.05) is 13.1 Å². The fourth-order valence-corrected chi connectivity index (χ4v) is 4.05. The Labute approximate surface area is 114 Å². The quantitative estimate of drug-likeness (QED) is 0.853. The van der Waals surface area contributed by atoms with E-state index in [1.54, 1.807) is 26.1 Å². The average Bonchev–Trinajstić information content (AvgIpc) is 2.91. The smallest absolute Gasteiger partial charge is 0.207 e.